The number of hydrogen-bond acceptors (Lipinski definition) is 7. The molecule has 0 radical (unpaired) electrons. The van der Waals surface area contributed by atoms with Crippen LogP contribution in [0.2, 0.25) is 0 Å². The van der Waals surface area contributed by atoms with Crippen LogP contribution in [-0.4, -0.2) is 76.6 Å². The molecule has 2 rings (SSSR count). The molecule has 0 aliphatic carbocycles. The van der Waals surface area contributed by atoms with Gasteiger partial charge in [-0.05, 0) is 0 Å². The summed E-state index contributed by atoms with van der Waals surface area (Å²) >= 11 is 0. The van der Waals surface area contributed by atoms with Crippen molar-refractivity contribution in [2.75, 3.05) is 34.7 Å². The van der Waals surface area contributed by atoms with Crippen molar-refractivity contribution in [1.82, 2.24) is 0 Å². The molecule has 2 fully saturated rings. The quantitative estimate of drug-likeness (QED) is 0.765. The molecular formula is C15H28O7. The van der Waals surface area contributed by atoms with E-state index >= 15 is 0 Å². The summed E-state index contributed by atoms with van der Waals surface area (Å²) in [6, 6.07) is 0. The second kappa shape index (κ2) is 7.53. The van der Waals surface area contributed by atoms with Crippen LogP contribution in [0, 0.1) is 5.41 Å². The number of aliphatic hydroxyl groups is 1. The molecule has 6 atom stereocenters. The number of ether oxygens (including phenoxy) is 6. The summed E-state index contributed by atoms with van der Waals surface area (Å²) in [5, 5.41) is 10.1. The molecule has 0 spiro atoms. The van der Waals surface area contributed by atoms with Crippen LogP contribution in [0.1, 0.15) is 20.3 Å². The predicted molar refractivity (Wildman–Crippen MR) is 77.4 cm³/mol. The molecule has 7 nitrogen and oxygen atoms in total. The lowest BCUT2D eigenvalue weighted by molar-refractivity contribution is -0.362. The zero-order valence-electron chi connectivity index (χ0n) is 14.0. The molecule has 7 heteroatoms. The van der Waals surface area contributed by atoms with Crippen molar-refractivity contribution in [2.24, 2.45) is 5.41 Å². The number of fused-ring (bicyclic) bond motifs is 1. The minimum Gasteiger partial charge on any atom is -0.382 e. The summed E-state index contributed by atoms with van der Waals surface area (Å²) < 4.78 is 33.2. The van der Waals surface area contributed by atoms with Gasteiger partial charge >= 0.3 is 0 Å². The molecule has 0 saturated carbocycles. The van der Waals surface area contributed by atoms with Crippen molar-refractivity contribution >= 4 is 0 Å². The number of hydrogen-bond donors (Lipinski definition) is 1. The molecule has 0 aromatic heterocycles. The lowest BCUT2D eigenvalue weighted by Gasteiger charge is -2.53. The van der Waals surface area contributed by atoms with E-state index in [9.17, 15) is 5.11 Å². The minimum absolute atomic E-state index is 0.0384. The predicted octanol–water partition coefficient (Wildman–Crippen LogP) is 0.538. The van der Waals surface area contributed by atoms with Crippen LogP contribution in [0.15, 0.2) is 0 Å². The van der Waals surface area contributed by atoms with E-state index < -0.39 is 12.4 Å². The van der Waals surface area contributed by atoms with Crippen LogP contribution in [0.3, 0.4) is 0 Å². The molecule has 22 heavy (non-hydrogen) atoms. The molecule has 1 unspecified atom stereocenters. The van der Waals surface area contributed by atoms with Crippen LogP contribution < -0.4 is 0 Å². The van der Waals surface area contributed by atoms with E-state index in [2.05, 4.69) is 13.8 Å². The molecule has 130 valence electrons. The summed E-state index contributed by atoms with van der Waals surface area (Å²) in [4.78, 5) is 0. The minimum atomic E-state index is -1.02. The van der Waals surface area contributed by atoms with Gasteiger partial charge < -0.3 is 33.5 Å². The zero-order chi connectivity index (χ0) is 16.3. The molecule has 1 N–H and O–H groups in total. The van der Waals surface area contributed by atoms with Gasteiger partial charge in [0.05, 0.1) is 24.9 Å². The number of rotatable bonds is 6. The summed E-state index contributed by atoms with van der Waals surface area (Å²) in [6.07, 6.45) is -1.80. The van der Waals surface area contributed by atoms with Gasteiger partial charge in [-0.25, -0.2) is 0 Å². The highest BCUT2D eigenvalue weighted by Crippen LogP contribution is 2.43. The average Bonchev–Trinajstić information content (AvgIpc) is 2.48. The van der Waals surface area contributed by atoms with E-state index in [1.54, 1.807) is 21.3 Å². The van der Waals surface area contributed by atoms with E-state index in [1.807, 2.05) is 0 Å². The average molecular weight is 320 g/mol. The van der Waals surface area contributed by atoms with E-state index in [4.69, 9.17) is 28.4 Å². The maximum Gasteiger partial charge on any atom is 0.186 e. The third-order valence-corrected chi connectivity index (χ3v) is 4.70. The first-order valence-corrected chi connectivity index (χ1v) is 7.57. The first kappa shape index (κ1) is 18.1. The van der Waals surface area contributed by atoms with Gasteiger partial charge in [-0.15, -0.1) is 0 Å². The van der Waals surface area contributed by atoms with Crippen molar-refractivity contribution in [2.45, 2.75) is 57.1 Å². The Bertz CT molecular complexity index is 349. The molecule has 2 aliphatic rings. The third kappa shape index (κ3) is 3.46. The lowest BCUT2D eigenvalue weighted by Crippen LogP contribution is -2.65. The van der Waals surface area contributed by atoms with Crippen LogP contribution in [0.25, 0.3) is 0 Å². The first-order chi connectivity index (χ1) is 10.5. The highest BCUT2D eigenvalue weighted by atomic mass is 16.8. The standard InChI is InChI=1S/C15H28O7/c1-15(2)10(6-9(18-4)7-17-3)22-12-11(13(15)19-5)20-8-21-14(12)16/h9-14,16H,6-8H2,1-5H3/t9-,10+,11-,12-,13+,14?/m0/s1. The lowest BCUT2D eigenvalue weighted by atomic mass is 9.72. The normalized spacial score (nSPS) is 39.3. The number of methoxy groups -OCH3 is 3. The zero-order valence-corrected chi connectivity index (χ0v) is 14.0. The maximum absolute atomic E-state index is 10.1. The van der Waals surface area contributed by atoms with Crippen LogP contribution in [0.5, 0.6) is 0 Å². The molecular weight excluding hydrogens is 292 g/mol. The fourth-order valence-corrected chi connectivity index (χ4v) is 3.37. The second-order valence-corrected chi connectivity index (χ2v) is 6.42. The smallest absolute Gasteiger partial charge is 0.186 e. The largest absolute Gasteiger partial charge is 0.382 e. The molecule has 0 amide bonds. The van der Waals surface area contributed by atoms with Gasteiger partial charge in [-0.2, -0.15) is 0 Å². The van der Waals surface area contributed by atoms with E-state index in [0.29, 0.717) is 13.0 Å². The Hall–Kier alpha value is -0.280. The van der Waals surface area contributed by atoms with Gasteiger partial charge in [0.15, 0.2) is 13.1 Å². The van der Waals surface area contributed by atoms with Crippen molar-refractivity contribution in [3.63, 3.8) is 0 Å². The van der Waals surface area contributed by atoms with Crippen molar-refractivity contribution < 1.29 is 33.5 Å². The third-order valence-electron chi connectivity index (χ3n) is 4.70. The Morgan fingerprint density at radius 2 is 1.91 bits per heavy atom. The first-order valence-electron chi connectivity index (χ1n) is 7.57. The summed E-state index contributed by atoms with van der Waals surface area (Å²) in [7, 11) is 4.94. The van der Waals surface area contributed by atoms with Gasteiger partial charge in [-0.3, -0.25) is 0 Å². The molecule has 2 aliphatic heterocycles. The Kier molecular flexibility index (Phi) is 6.18. The van der Waals surface area contributed by atoms with E-state index in [-0.39, 0.29) is 36.6 Å². The summed E-state index contributed by atoms with van der Waals surface area (Å²) in [5.41, 5.74) is -0.308. The molecule has 0 aromatic rings. The maximum atomic E-state index is 10.1. The summed E-state index contributed by atoms with van der Waals surface area (Å²) in [6.45, 7) is 4.67. The molecule has 2 saturated heterocycles. The van der Waals surface area contributed by atoms with Gasteiger partial charge in [0, 0.05) is 33.2 Å². The highest BCUT2D eigenvalue weighted by molar-refractivity contribution is 5.01. The molecule has 0 aromatic carbocycles. The van der Waals surface area contributed by atoms with Gasteiger partial charge in [0.1, 0.15) is 12.2 Å². The van der Waals surface area contributed by atoms with Crippen molar-refractivity contribution in [3.8, 4) is 0 Å². The van der Waals surface area contributed by atoms with Crippen LogP contribution >= 0.6 is 0 Å². The fourth-order valence-electron chi connectivity index (χ4n) is 3.37. The van der Waals surface area contributed by atoms with E-state index in [0.717, 1.165) is 0 Å². The van der Waals surface area contributed by atoms with Crippen LogP contribution in [-0.2, 0) is 28.4 Å². The van der Waals surface area contributed by atoms with E-state index in [1.165, 1.54) is 0 Å². The number of aliphatic hydroxyl groups excluding tert-OH is 1. The second-order valence-electron chi connectivity index (χ2n) is 6.42. The van der Waals surface area contributed by atoms with Crippen molar-refractivity contribution in [1.29, 1.82) is 0 Å². The van der Waals surface area contributed by atoms with Crippen molar-refractivity contribution in [3.05, 3.63) is 0 Å². The Morgan fingerprint density at radius 1 is 1.18 bits per heavy atom. The van der Waals surface area contributed by atoms with Gasteiger partial charge in [0.25, 0.3) is 0 Å². The Labute approximate surface area is 131 Å². The fraction of sp³-hybridized carbons (Fsp3) is 1.00. The SMILES string of the molecule is COC[C@H](C[C@H]1O[C@@H]2C(O)OCO[C@@H]2[C@@H](OC)C1(C)C)OC. The Morgan fingerprint density at radius 3 is 2.50 bits per heavy atom. The van der Waals surface area contributed by atoms with Crippen LogP contribution in [0.4, 0.5) is 0 Å². The van der Waals surface area contributed by atoms with Gasteiger partial charge in [0.2, 0.25) is 0 Å². The van der Waals surface area contributed by atoms with Gasteiger partial charge in [-0.1, -0.05) is 13.8 Å². The monoisotopic (exact) mass is 320 g/mol. The Balaban J connectivity index is 2.18. The molecule has 0 bridgehead atoms. The molecule has 2 heterocycles. The topological polar surface area (TPSA) is 75.6 Å². The highest BCUT2D eigenvalue weighted by Gasteiger charge is 2.55. The summed E-state index contributed by atoms with van der Waals surface area (Å²) in [5.74, 6) is 0.